The van der Waals surface area contributed by atoms with Crippen molar-refractivity contribution in [2.75, 3.05) is 31.6 Å². The molecular weight excluding hydrogens is 462 g/mol. The summed E-state index contributed by atoms with van der Waals surface area (Å²) in [6, 6.07) is -3.25. The van der Waals surface area contributed by atoms with Gasteiger partial charge in [-0.1, -0.05) is 0 Å². The van der Waals surface area contributed by atoms with E-state index in [1.165, 1.54) is 9.80 Å². The molecule has 2 heterocycles. The molecule has 8 N–H and O–H groups in total. The molecule has 192 valence electrons. The van der Waals surface area contributed by atoms with Gasteiger partial charge < -0.3 is 37.4 Å². The van der Waals surface area contributed by atoms with Crippen LogP contribution in [0.4, 0.5) is 0 Å². The zero-order chi connectivity index (χ0) is 25.3. The predicted octanol–water partition coefficient (Wildman–Crippen LogP) is -1.33. The Balaban J connectivity index is 2.11. The highest BCUT2D eigenvalue weighted by molar-refractivity contribution is 7.98. The van der Waals surface area contributed by atoms with Gasteiger partial charge >= 0.3 is 5.97 Å². The number of likely N-dealkylation sites (tertiary alicyclic amines) is 2. The summed E-state index contributed by atoms with van der Waals surface area (Å²) < 4.78 is 0. The molecule has 2 rings (SSSR count). The van der Waals surface area contributed by atoms with Crippen molar-refractivity contribution in [3.8, 4) is 0 Å². The molecule has 0 bridgehead atoms. The van der Waals surface area contributed by atoms with Gasteiger partial charge in [-0.05, 0) is 57.0 Å². The first-order valence-electron chi connectivity index (χ1n) is 11.6. The normalized spacial score (nSPS) is 21.7. The van der Waals surface area contributed by atoms with Crippen LogP contribution in [0.3, 0.4) is 0 Å². The van der Waals surface area contributed by atoms with E-state index in [1.807, 2.05) is 6.26 Å². The SMILES string of the molecule is CSCCC(N)C(=O)N1CCCC1C(=O)NC(CCCN=C(N)N)C(=O)N1CCCC1C(=O)O. The molecule has 2 fully saturated rings. The number of carbonyl (C=O) groups excluding carboxylic acids is 3. The summed E-state index contributed by atoms with van der Waals surface area (Å²) in [4.78, 5) is 57.5. The van der Waals surface area contributed by atoms with E-state index in [4.69, 9.17) is 17.2 Å². The Morgan fingerprint density at radius 1 is 1.06 bits per heavy atom. The van der Waals surface area contributed by atoms with Crippen molar-refractivity contribution < 1.29 is 24.3 Å². The van der Waals surface area contributed by atoms with E-state index in [9.17, 15) is 24.3 Å². The second-order valence-corrected chi connectivity index (χ2v) is 9.60. The van der Waals surface area contributed by atoms with E-state index in [0.717, 1.165) is 5.75 Å². The van der Waals surface area contributed by atoms with Crippen LogP contribution >= 0.6 is 11.8 Å². The van der Waals surface area contributed by atoms with E-state index < -0.39 is 42.0 Å². The average Bonchev–Trinajstić information content (AvgIpc) is 3.48. The summed E-state index contributed by atoms with van der Waals surface area (Å²) in [5.41, 5.74) is 16.7. The number of nitrogens with two attached hydrogens (primary N) is 3. The fourth-order valence-corrected chi connectivity index (χ4v) is 4.89. The number of amides is 3. The molecule has 0 aromatic rings. The number of carboxylic acid groups (broad SMARTS) is 1. The van der Waals surface area contributed by atoms with Crippen molar-refractivity contribution >= 4 is 41.4 Å². The predicted molar refractivity (Wildman–Crippen MR) is 130 cm³/mol. The molecule has 13 heteroatoms. The fourth-order valence-electron chi connectivity index (χ4n) is 4.40. The second kappa shape index (κ2) is 13.4. The molecule has 0 spiro atoms. The molecule has 2 saturated heterocycles. The molecule has 3 amide bonds. The zero-order valence-electron chi connectivity index (χ0n) is 19.6. The van der Waals surface area contributed by atoms with Gasteiger partial charge in [0.1, 0.15) is 18.1 Å². The maximum Gasteiger partial charge on any atom is 0.326 e. The van der Waals surface area contributed by atoms with Gasteiger partial charge in [0.15, 0.2) is 5.96 Å². The third kappa shape index (κ3) is 7.49. The lowest BCUT2D eigenvalue weighted by Crippen LogP contribution is -2.56. The molecule has 2 aliphatic rings. The minimum absolute atomic E-state index is 0.0738. The number of hydrogen-bond donors (Lipinski definition) is 5. The quantitative estimate of drug-likeness (QED) is 0.123. The molecule has 4 atom stereocenters. The molecule has 0 saturated carbocycles. The largest absolute Gasteiger partial charge is 0.480 e. The van der Waals surface area contributed by atoms with E-state index in [1.54, 1.807) is 11.8 Å². The van der Waals surface area contributed by atoms with Crippen LogP contribution in [-0.2, 0) is 19.2 Å². The summed E-state index contributed by atoms with van der Waals surface area (Å²) in [6.07, 6.45) is 5.18. The minimum atomic E-state index is -1.07. The number of nitrogens with one attached hydrogen (secondary N) is 1. The van der Waals surface area contributed by atoms with Crippen LogP contribution in [0.5, 0.6) is 0 Å². The van der Waals surface area contributed by atoms with Crippen LogP contribution in [0.1, 0.15) is 44.9 Å². The van der Waals surface area contributed by atoms with Gasteiger partial charge in [0.25, 0.3) is 0 Å². The number of nitrogens with zero attached hydrogens (tertiary/aromatic N) is 3. The fraction of sp³-hybridized carbons (Fsp3) is 0.762. The number of carboxylic acids is 1. The Bertz CT molecular complexity index is 777. The molecule has 0 aliphatic carbocycles. The van der Waals surface area contributed by atoms with Crippen LogP contribution in [0.15, 0.2) is 4.99 Å². The molecule has 34 heavy (non-hydrogen) atoms. The van der Waals surface area contributed by atoms with Crippen LogP contribution in [-0.4, -0.2) is 100 Å². The summed E-state index contributed by atoms with van der Waals surface area (Å²) in [5, 5.41) is 12.2. The van der Waals surface area contributed by atoms with Gasteiger partial charge in [0, 0.05) is 19.6 Å². The first-order chi connectivity index (χ1) is 16.2. The van der Waals surface area contributed by atoms with Gasteiger partial charge in [-0.2, -0.15) is 11.8 Å². The number of carbonyl (C=O) groups is 4. The Labute approximate surface area is 204 Å². The molecular formula is C21H37N7O5S. The minimum Gasteiger partial charge on any atom is -0.480 e. The van der Waals surface area contributed by atoms with E-state index in [2.05, 4.69) is 10.3 Å². The summed E-state index contributed by atoms with van der Waals surface area (Å²) in [5.74, 6) is -1.55. The molecule has 0 aromatic carbocycles. The van der Waals surface area contributed by atoms with Crippen LogP contribution in [0.25, 0.3) is 0 Å². The van der Waals surface area contributed by atoms with Crippen molar-refractivity contribution in [2.45, 2.75) is 69.1 Å². The third-order valence-corrected chi connectivity index (χ3v) is 6.81. The van der Waals surface area contributed by atoms with E-state index in [0.29, 0.717) is 51.6 Å². The topological polar surface area (TPSA) is 197 Å². The van der Waals surface area contributed by atoms with Gasteiger partial charge in [-0.25, -0.2) is 4.79 Å². The number of guanidine groups is 1. The smallest absolute Gasteiger partial charge is 0.326 e. The van der Waals surface area contributed by atoms with E-state index in [-0.39, 0.29) is 24.8 Å². The van der Waals surface area contributed by atoms with Gasteiger partial charge in [0.05, 0.1) is 6.04 Å². The lowest BCUT2D eigenvalue weighted by atomic mass is 10.1. The number of thioether (sulfide) groups is 1. The number of aliphatic carboxylic acids is 1. The standard InChI is InChI=1S/C21H37N7O5S/c1-34-12-8-13(22)18(30)27-10-3-6-15(27)17(29)26-14(5-2-9-25-21(23)24)19(31)28-11-4-7-16(28)20(32)33/h13-16H,2-12,22H2,1H3,(H,26,29)(H,32,33)(H4,23,24,25). The zero-order valence-corrected chi connectivity index (χ0v) is 20.5. The molecule has 12 nitrogen and oxygen atoms in total. The second-order valence-electron chi connectivity index (χ2n) is 8.62. The first-order valence-corrected chi connectivity index (χ1v) is 13.0. The maximum absolute atomic E-state index is 13.2. The lowest BCUT2D eigenvalue weighted by molar-refractivity contribution is -0.149. The summed E-state index contributed by atoms with van der Waals surface area (Å²) in [6.45, 7) is 1.01. The van der Waals surface area contributed by atoms with Crippen LogP contribution in [0.2, 0.25) is 0 Å². The average molecular weight is 500 g/mol. The molecule has 4 unspecified atom stereocenters. The Hall–Kier alpha value is -2.54. The molecule has 0 radical (unpaired) electrons. The summed E-state index contributed by atoms with van der Waals surface area (Å²) >= 11 is 1.60. The lowest BCUT2D eigenvalue weighted by Gasteiger charge is -2.30. The number of rotatable bonds is 12. The number of hydrogen-bond acceptors (Lipinski definition) is 7. The van der Waals surface area contributed by atoms with Gasteiger partial charge in [-0.15, -0.1) is 0 Å². The monoisotopic (exact) mass is 499 g/mol. The maximum atomic E-state index is 13.2. The Morgan fingerprint density at radius 3 is 2.26 bits per heavy atom. The molecule has 2 aliphatic heterocycles. The third-order valence-electron chi connectivity index (χ3n) is 6.17. The van der Waals surface area contributed by atoms with Crippen molar-refractivity contribution in [1.82, 2.24) is 15.1 Å². The van der Waals surface area contributed by atoms with Crippen LogP contribution in [0, 0.1) is 0 Å². The molecule has 0 aromatic heterocycles. The highest BCUT2D eigenvalue weighted by atomic mass is 32.2. The van der Waals surface area contributed by atoms with Crippen molar-refractivity contribution in [3.63, 3.8) is 0 Å². The van der Waals surface area contributed by atoms with Crippen LogP contribution < -0.4 is 22.5 Å². The van der Waals surface area contributed by atoms with E-state index >= 15 is 0 Å². The highest BCUT2D eigenvalue weighted by Crippen LogP contribution is 2.22. The number of aliphatic imine (C=N–C) groups is 1. The van der Waals surface area contributed by atoms with Crippen molar-refractivity contribution in [3.05, 3.63) is 0 Å². The summed E-state index contributed by atoms with van der Waals surface area (Å²) in [7, 11) is 0. The van der Waals surface area contributed by atoms with Gasteiger partial charge in [-0.3, -0.25) is 19.4 Å². The van der Waals surface area contributed by atoms with Crippen molar-refractivity contribution in [2.24, 2.45) is 22.2 Å². The van der Waals surface area contributed by atoms with Gasteiger partial charge in [0.2, 0.25) is 17.7 Å². The Morgan fingerprint density at radius 2 is 1.68 bits per heavy atom. The Kier molecular flexibility index (Phi) is 10.9. The first kappa shape index (κ1) is 27.7. The van der Waals surface area contributed by atoms with Crippen molar-refractivity contribution in [1.29, 1.82) is 0 Å². The highest BCUT2D eigenvalue weighted by Gasteiger charge is 2.40.